The number of amides is 1. The Balaban J connectivity index is 2.00. The van der Waals surface area contributed by atoms with Crippen molar-refractivity contribution in [3.05, 3.63) is 0 Å². The van der Waals surface area contributed by atoms with E-state index in [1.54, 1.807) is 4.90 Å². The first-order valence-corrected chi connectivity index (χ1v) is 9.70. The summed E-state index contributed by atoms with van der Waals surface area (Å²) in [7, 11) is -3.16. The number of carboxylic acid groups (broad SMARTS) is 1. The Kier molecular flexibility index (Phi) is 5.64. The number of rotatable bonds is 6. The Morgan fingerprint density at radius 1 is 1.17 bits per heavy atom. The fraction of sp³-hybridized carbons (Fsp3) is 0.857. The van der Waals surface area contributed by atoms with Crippen molar-refractivity contribution in [1.82, 2.24) is 15.1 Å². The molecule has 0 radical (unpaired) electrons. The van der Waals surface area contributed by atoms with E-state index in [-0.39, 0.29) is 42.1 Å². The van der Waals surface area contributed by atoms with Crippen LogP contribution in [-0.4, -0.2) is 91.0 Å². The lowest BCUT2D eigenvalue weighted by molar-refractivity contribution is -0.139. The molecule has 9 heteroatoms. The molecule has 2 rings (SSSR count). The van der Waals surface area contributed by atoms with Gasteiger partial charge in [-0.2, -0.15) is 0 Å². The average Bonchev–Trinajstić information content (AvgIpc) is 2.72. The second kappa shape index (κ2) is 7.14. The van der Waals surface area contributed by atoms with Crippen LogP contribution in [0.1, 0.15) is 20.3 Å². The monoisotopic (exact) mass is 347 g/mol. The minimum absolute atomic E-state index is 0.000360. The maximum atomic E-state index is 12.0. The van der Waals surface area contributed by atoms with Crippen molar-refractivity contribution in [3.63, 3.8) is 0 Å². The number of carbonyl (C=O) groups excluding carboxylic acids is 1. The third-order valence-corrected chi connectivity index (χ3v) is 6.02. The van der Waals surface area contributed by atoms with Gasteiger partial charge in [-0.05, 0) is 13.8 Å². The molecule has 2 aliphatic rings. The molecule has 0 aromatic carbocycles. The van der Waals surface area contributed by atoms with Crippen LogP contribution in [0.5, 0.6) is 0 Å². The van der Waals surface area contributed by atoms with Gasteiger partial charge in [0, 0.05) is 44.2 Å². The van der Waals surface area contributed by atoms with Crippen LogP contribution in [0.15, 0.2) is 0 Å². The van der Waals surface area contributed by atoms with Crippen LogP contribution in [0.3, 0.4) is 0 Å². The highest BCUT2D eigenvalue weighted by Gasteiger charge is 2.46. The lowest BCUT2D eigenvalue weighted by Gasteiger charge is -2.43. The van der Waals surface area contributed by atoms with Crippen LogP contribution in [0.2, 0.25) is 0 Å². The highest BCUT2D eigenvalue weighted by Crippen LogP contribution is 2.26. The van der Waals surface area contributed by atoms with E-state index in [1.807, 2.05) is 18.7 Å². The summed E-state index contributed by atoms with van der Waals surface area (Å²) in [6.45, 7) is 5.23. The van der Waals surface area contributed by atoms with Gasteiger partial charge in [0.05, 0.1) is 18.1 Å². The van der Waals surface area contributed by atoms with Crippen LogP contribution >= 0.6 is 0 Å². The predicted octanol–water partition coefficient (Wildman–Crippen LogP) is -1.23. The molecule has 0 bridgehead atoms. The van der Waals surface area contributed by atoms with Crippen LogP contribution in [0.25, 0.3) is 0 Å². The van der Waals surface area contributed by atoms with Gasteiger partial charge in [0.1, 0.15) is 0 Å². The van der Waals surface area contributed by atoms with Crippen molar-refractivity contribution in [2.75, 3.05) is 37.7 Å². The summed E-state index contributed by atoms with van der Waals surface area (Å²) in [6.07, 6.45) is 0.320. The third kappa shape index (κ3) is 4.89. The van der Waals surface area contributed by atoms with Crippen molar-refractivity contribution in [2.24, 2.45) is 0 Å². The molecule has 2 N–H and O–H groups in total. The van der Waals surface area contributed by atoms with E-state index in [2.05, 4.69) is 5.32 Å². The number of fused-ring (bicyclic) bond motifs is 1. The normalized spacial score (nSPS) is 27.8. The summed E-state index contributed by atoms with van der Waals surface area (Å²) >= 11 is 0. The van der Waals surface area contributed by atoms with Gasteiger partial charge < -0.3 is 10.4 Å². The Labute approximate surface area is 136 Å². The third-order valence-electron chi connectivity index (χ3n) is 4.32. The molecule has 23 heavy (non-hydrogen) atoms. The molecule has 2 fully saturated rings. The molecule has 2 atom stereocenters. The molecule has 0 aromatic rings. The van der Waals surface area contributed by atoms with E-state index in [4.69, 9.17) is 5.11 Å². The zero-order valence-corrected chi connectivity index (χ0v) is 14.4. The predicted molar refractivity (Wildman–Crippen MR) is 84.9 cm³/mol. The minimum Gasteiger partial charge on any atom is -0.480 e. The van der Waals surface area contributed by atoms with Crippen LogP contribution in [0.4, 0.5) is 0 Å². The van der Waals surface area contributed by atoms with E-state index in [1.165, 1.54) is 0 Å². The zero-order valence-electron chi connectivity index (χ0n) is 13.6. The van der Waals surface area contributed by atoms with Crippen molar-refractivity contribution in [1.29, 1.82) is 0 Å². The Hall–Kier alpha value is -1.19. The van der Waals surface area contributed by atoms with Crippen LogP contribution in [-0.2, 0) is 19.4 Å². The maximum Gasteiger partial charge on any atom is 0.317 e. The molecule has 0 saturated carbocycles. The number of hydrogen-bond donors (Lipinski definition) is 2. The number of nitrogens with one attached hydrogen (secondary N) is 1. The molecule has 2 aliphatic heterocycles. The number of hydrogen-bond acceptors (Lipinski definition) is 6. The molecule has 0 aliphatic carbocycles. The van der Waals surface area contributed by atoms with Gasteiger partial charge in [0.15, 0.2) is 9.84 Å². The molecule has 8 nitrogen and oxygen atoms in total. The van der Waals surface area contributed by atoms with Gasteiger partial charge in [-0.25, -0.2) is 8.42 Å². The molecule has 0 aromatic heterocycles. The number of piperazine rings is 1. The fourth-order valence-electron chi connectivity index (χ4n) is 3.38. The number of carboxylic acids is 1. The molecular formula is C14H25N3O5S. The number of sulfone groups is 1. The lowest BCUT2D eigenvalue weighted by atomic mass is 10.0. The highest BCUT2D eigenvalue weighted by molar-refractivity contribution is 7.91. The van der Waals surface area contributed by atoms with Gasteiger partial charge in [-0.3, -0.25) is 19.4 Å². The van der Waals surface area contributed by atoms with Crippen molar-refractivity contribution < 1.29 is 23.1 Å². The van der Waals surface area contributed by atoms with E-state index in [9.17, 15) is 18.0 Å². The molecular weight excluding hydrogens is 322 g/mol. The van der Waals surface area contributed by atoms with Crippen molar-refractivity contribution >= 4 is 21.7 Å². The Morgan fingerprint density at radius 2 is 1.74 bits per heavy atom. The summed E-state index contributed by atoms with van der Waals surface area (Å²) in [5.41, 5.74) is 0. The maximum absolute atomic E-state index is 12.0. The first-order valence-electron chi connectivity index (χ1n) is 7.87. The van der Waals surface area contributed by atoms with Gasteiger partial charge >= 0.3 is 5.97 Å². The molecule has 1 amide bonds. The summed E-state index contributed by atoms with van der Waals surface area (Å²) in [6, 6.07) is -0.438. The molecule has 132 valence electrons. The topological polar surface area (TPSA) is 107 Å². The highest BCUT2D eigenvalue weighted by atomic mass is 32.2. The van der Waals surface area contributed by atoms with Crippen molar-refractivity contribution in [3.8, 4) is 0 Å². The lowest BCUT2D eigenvalue weighted by Crippen LogP contribution is -2.60. The second-order valence-electron chi connectivity index (χ2n) is 6.58. The van der Waals surface area contributed by atoms with E-state index in [0.29, 0.717) is 26.1 Å². The van der Waals surface area contributed by atoms with Gasteiger partial charge in [0.2, 0.25) is 5.91 Å². The number of nitrogens with zero attached hydrogens (tertiary/aromatic N) is 2. The standard InChI is InChI=1S/C14H25N3O5S/c1-10(2)15-13(18)3-4-16-5-6-17(7-14(19)20)12-9-23(21,22)8-11(12)16/h10-12H,3-9H2,1-2H3,(H,15,18)(H,19,20)/t11-,12+/m0/s1. The van der Waals surface area contributed by atoms with Gasteiger partial charge in [-0.15, -0.1) is 0 Å². The summed E-state index contributed by atoms with van der Waals surface area (Å²) in [5, 5.41) is 11.8. The first kappa shape index (κ1) is 18.2. The molecule has 0 unspecified atom stereocenters. The summed E-state index contributed by atoms with van der Waals surface area (Å²) in [4.78, 5) is 26.5. The van der Waals surface area contributed by atoms with E-state index < -0.39 is 15.8 Å². The quantitative estimate of drug-likeness (QED) is 0.619. The van der Waals surface area contributed by atoms with Crippen molar-refractivity contribution in [2.45, 2.75) is 38.4 Å². The Morgan fingerprint density at radius 3 is 2.30 bits per heavy atom. The summed E-state index contributed by atoms with van der Waals surface area (Å²) in [5.74, 6) is -0.956. The smallest absolute Gasteiger partial charge is 0.317 e. The molecule has 2 saturated heterocycles. The zero-order chi connectivity index (χ0) is 17.2. The second-order valence-corrected chi connectivity index (χ2v) is 8.74. The van der Waals surface area contributed by atoms with Crippen LogP contribution < -0.4 is 5.32 Å². The average molecular weight is 347 g/mol. The summed E-state index contributed by atoms with van der Waals surface area (Å²) < 4.78 is 24.0. The first-order chi connectivity index (χ1) is 10.7. The van der Waals surface area contributed by atoms with Gasteiger partial charge in [-0.1, -0.05) is 0 Å². The fourth-order valence-corrected chi connectivity index (χ4v) is 5.43. The van der Waals surface area contributed by atoms with E-state index in [0.717, 1.165) is 0 Å². The SMILES string of the molecule is CC(C)NC(=O)CCN1CCN(CC(=O)O)[C@@H]2CS(=O)(=O)C[C@@H]21. The number of aliphatic carboxylic acids is 1. The largest absolute Gasteiger partial charge is 0.480 e. The Bertz CT molecular complexity index is 563. The molecule has 0 spiro atoms. The number of carbonyl (C=O) groups is 2. The van der Waals surface area contributed by atoms with Crippen LogP contribution in [0, 0.1) is 0 Å². The minimum atomic E-state index is -3.16. The van der Waals surface area contributed by atoms with Gasteiger partial charge in [0.25, 0.3) is 0 Å². The molecule has 2 heterocycles. The van der Waals surface area contributed by atoms with E-state index >= 15 is 0 Å².